The van der Waals surface area contributed by atoms with Crippen molar-refractivity contribution in [2.75, 3.05) is 0 Å². The molecule has 3 nitrogen and oxygen atoms in total. The van der Waals surface area contributed by atoms with Crippen LogP contribution in [0.4, 0.5) is 0 Å². The number of ether oxygens (including phenoxy) is 1. The number of carbonyl (C=O) groups is 1. The summed E-state index contributed by atoms with van der Waals surface area (Å²) < 4.78 is 12.3. The molecule has 222 valence electrons. The normalized spacial score (nSPS) is 49.3. The largest absolute Gasteiger partial charge is 0.550 e. The third-order valence-electron chi connectivity index (χ3n) is 14.3. The summed E-state index contributed by atoms with van der Waals surface area (Å²) in [6, 6.07) is 0. The van der Waals surface area contributed by atoms with Gasteiger partial charge in [-0.15, -0.1) is 0 Å². The van der Waals surface area contributed by atoms with E-state index < -0.39 is 8.32 Å². The predicted octanol–water partition coefficient (Wildman–Crippen LogP) is 9.77. The average molecular weight is 557 g/mol. The van der Waals surface area contributed by atoms with Crippen molar-refractivity contribution in [2.45, 2.75) is 145 Å². The first-order chi connectivity index (χ1) is 17.9. The van der Waals surface area contributed by atoms with E-state index in [9.17, 15) is 4.79 Å². The molecule has 5 aliphatic rings. The minimum atomic E-state index is -1.57. The Labute approximate surface area is 241 Å². The number of hydrogen-bond donors (Lipinski definition) is 0. The fraction of sp³-hybridized carbons (Fsp3) is 0.914. The maximum Gasteiger partial charge on any atom is 0.302 e. The highest BCUT2D eigenvalue weighted by Crippen LogP contribution is 2.77. The molecule has 4 heteroatoms. The van der Waals surface area contributed by atoms with Gasteiger partial charge in [0.25, 0.3) is 0 Å². The molecule has 0 amide bonds. The molecule has 0 aromatic heterocycles. The fourth-order valence-corrected chi connectivity index (χ4v) is 12.7. The van der Waals surface area contributed by atoms with Crippen LogP contribution >= 0.6 is 0 Å². The molecule has 0 spiro atoms. The second kappa shape index (κ2) is 9.37. The van der Waals surface area contributed by atoms with Gasteiger partial charge in [-0.2, -0.15) is 0 Å². The number of allylic oxidation sites excluding steroid dienone is 1. The van der Waals surface area contributed by atoms with Crippen LogP contribution in [0.5, 0.6) is 0 Å². The molecule has 5 aliphatic carbocycles. The van der Waals surface area contributed by atoms with Crippen molar-refractivity contribution < 1.29 is 14.0 Å². The Balaban J connectivity index is 1.47. The van der Waals surface area contributed by atoms with Crippen molar-refractivity contribution in [1.82, 2.24) is 0 Å². The van der Waals surface area contributed by atoms with Gasteiger partial charge in [-0.1, -0.05) is 41.5 Å². The van der Waals surface area contributed by atoms with Gasteiger partial charge in [0.05, 0.1) is 6.26 Å². The van der Waals surface area contributed by atoms with Crippen LogP contribution in [0.2, 0.25) is 19.6 Å². The second-order valence-electron chi connectivity index (χ2n) is 17.5. The van der Waals surface area contributed by atoms with Crippen molar-refractivity contribution in [3.05, 3.63) is 11.8 Å². The first kappa shape index (κ1) is 29.7. The number of esters is 1. The van der Waals surface area contributed by atoms with E-state index in [0.717, 1.165) is 24.2 Å². The maximum absolute atomic E-state index is 12.0. The molecule has 0 N–H and O–H groups in total. The van der Waals surface area contributed by atoms with Crippen LogP contribution in [-0.4, -0.2) is 20.4 Å². The van der Waals surface area contributed by atoms with Gasteiger partial charge < -0.3 is 9.16 Å². The molecule has 0 aromatic carbocycles. The van der Waals surface area contributed by atoms with Gasteiger partial charge >= 0.3 is 5.97 Å². The summed E-state index contributed by atoms with van der Waals surface area (Å²) in [6.07, 6.45) is 15.4. The Morgan fingerprint density at radius 1 is 0.769 bits per heavy atom. The Hall–Kier alpha value is -0.773. The zero-order valence-corrected chi connectivity index (χ0v) is 28.3. The van der Waals surface area contributed by atoms with Gasteiger partial charge in [-0.05, 0) is 148 Å². The lowest BCUT2D eigenvalue weighted by Gasteiger charge is -2.73. The third kappa shape index (κ3) is 4.42. The van der Waals surface area contributed by atoms with Crippen LogP contribution < -0.4 is 0 Å². The Morgan fingerprint density at radius 2 is 1.46 bits per heavy atom. The van der Waals surface area contributed by atoms with E-state index in [2.05, 4.69) is 74.4 Å². The van der Waals surface area contributed by atoms with Crippen LogP contribution in [0.25, 0.3) is 0 Å². The molecule has 4 unspecified atom stereocenters. The van der Waals surface area contributed by atoms with E-state index in [4.69, 9.17) is 9.16 Å². The van der Waals surface area contributed by atoms with Crippen molar-refractivity contribution >= 4 is 14.3 Å². The lowest BCUT2D eigenvalue weighted by atomic mass is 9.32. The van der Waals surface area contributed by atoms with Crippen LogP contribution in [0.15, 0.2) is 11.8 Å². The molecule has 5 rings (SSSR count). The molecular weight excluding hydrogens is 496 g/mol. The summed E-state index contributed by atoms with van der Waals surface area (Å²) in [4.78, 5) is 12.0. The van der Waals surface area contributed by atoms with Crippen molar-refractivity contribution in [3.63, 3.8) is 0 Å². The smallest absolute Gasteiger partial charge is 0.302 e. The van der Waals surface area contributed by atoms with Crippen LogP contribution in [-0.2, 0) is 14.0 Å². The summed E-state index contributed by atoms with van der Waals surface area (Å²) in [5.74, 6) is 3.56. The van der Waals surface area contributed by atoms with Crippen LogP contribution in [0.1, 0.15) is 120 Å². The van der Waals surface area contributed by atoms with E-state index in [0.29, 0.717) is 33.5 Å². The molecule has 0 bridgehead atoms. The Kier molecular flexibility index (Phi) is 7.13. The highest BCUT2D eigenvalue weighted by molar-refractivity contribution is 6.69. The summed E-state index contributed by atoms with van der Waals surface area (Å²) in [5.41, 5.74) is 3.15. The standard InChI is InChI=1S/C35H60O3Si/c1-23(22-37-39(9,10)11)25-14-17-32(5)20-21-34(7)26(30(25)32)12-13-28-33(6)18-16-29(38-24(2)36)31(3,4)27(33)15-19-35(28,34)8/h22,25-30H,12-21H2,1-11H3/b23-22+/t25-,26?,27?,28?,29-,30?,32+,33-,34+,35+/m0/s1. The van der Waals surface area contributed by atoms with E-state index in [1.54, 1.807) is 6.92 Å². The zero-order chi connectivity index (χ0) is 28.8. The highest BCUT2D eigenvalue weighted by Gasteiger charge is 2.70. The zero-order valence-electron chi connectivity index (χ0n) is 27.3. The van der Waals surface area contributed by atoms with E-state index >= 15 is 0 Å². The molecule has 0 aromatic rings. The van der Waals surface area contributed by atoms with Gasteiger partial charge in [0.2, 0.25) is 8.32 Å². The minimum Gasteiger partial charge on any atom is -0.550 e. The molecule has 39 heavy (non-hydrogen) atoms. The van der Waals surface area contributed by atoms with Crippen LogP contribution in [0, 0.1) is 56.7 Å². The molecule has 0 aliphatic heterocycles. The van der Waals surface area contributed by atoms with Gasteiger partial charge in [0.15, 0.2) is 0 Å². The Bertz CT molecular complexity index is 1010. The minimum absolute atomic E-state index is 0.0394. The first-order valence-corrected chi connectivity index (χ1v) is 19.8. The van der Waals surface area contributed by atoms with Crippen molar-refractivity contribution in [3.8, 4) is 0 Å². The van der Waals surface area contributed by atoms with E-state index in [1.165, 1.54) is 63.4 Å². The third-order valence-corrected chi connectivity index (χ3v) is 15.1. The van der Waals surface area contributed by atoms with E-state index in [1.807, 2.05) is 0 Å². The van der Waals surface area contributed by atoms with Gasteiger partial charge in [-0.3, -0.25) is 4.79 Å². The summed E-state index contributed by atoms with van der Waals surface area (Å²) >= 11 is 0. The highest BCUT2D eigenvalue weighted by atomic mass is 28.4. The first-order valence-electron chi connectivity index (χ1n) is 16.4. The molecule has 0 radical (unpaired) electrons. The fourth-order valence-electron chi connectivity index (χ4n) is 12.2. The molecule has 10 atom stereocenters. The summed E-state index contributed by atoms with van der Waals surface area (Å²) in [5, 5.41) is 0. The van der Waals surface area contributed by atoms with Crippen molar-refractivity contribution in [2.24, 2.45) is 56.7 Å². The number of hydrogen-bond acceptors (Lipinski definition) is 3. The van der Waals surface area contributed by atoms with Crippen molar-refractivity contribution in [1.29, 1.82) is 0 Å². The monoisotopic (exact) mass is 556 g/mol. The Morgan fingerprint density at radius 3 is 2.10 bits per heavy atom. The molecule has 5 fully saturated rings. The van der Waals surface area contributed by atoms with Gasteiger partial charge in [-0.25, -0.2) is 0 Å². The lowest BCUT2D eigenvalue weighted by Crippen LogP contribution is -2.66. The summed E-state index contributed by atoms with van der Waals surface area (Å²) in [6.45, 7) is 26.5. The lowest BCUT2D eigenvalue weighted by molar-refractivity contribution is -0.248. The summed E-state index contributed by atoms with van der Waals surface area (Å²) in [7, 11) is -1.57. The SMILES string of the molecule is CC(=O)O[C@H]1CC[C@@]2(C)C(CC[C@]3(C)C2CCC2C4[C@H](/C(C)=C/O[Si](C)(C)C)CC[C@]4(C)CC[C@]23C)C1(C)C. The second-order valence-corrected chi connectivity index (χ2v) is 22.0. The van der Waals surface area contributed by atoms with Gasteiger partial charge in [0, 0.05) is 12.3 Å². The van der Waals surface area contributed by atoms with E-state index in [-0.39, 0.29) is 17.5 Å². The number of rotatable bonds is 4. The molecule has 0 saturated heterocycles. The average Bonchev–Trinajstić information content (AvgIpc) is 3.17. The predicted molar refractivity (Wildman–Crippen MR) is 164 cm³/mol. The number of fused-ring (bicyclic) bond motifs is 7. The molecule has 0 heterocycles. The quantitative estimate of drug-likeness (QED) is 0.196. The topological polar surface area (TPSA) is 35.5 Å². The molecule has 5 saturated carbocycles. The maximum atomic E-state index is 12.0. The molecular formula is C35H60O3Si. The van der Waals surface area contributed by atoms with Gasteiger partial charge in [0.1, 0.15) is 6.10 Å². The van der Waals surface area contributed by atoms with Crippen LogP contribution in [0.3, 0.4) is 0 Å². The number of carbonyl (C=O) groups excluding carboxylic acids is 1.